The highest BCUT2D eigenvalue weighted by Crippen LogP contribution is 2.38. The summed E-state index contributed by atoms with van der Waals surface area (Å²) in [6, 6.07) is 36.0. The summed E-state index contributed by atoms with van der Waals surface area (Å²) >= 11 is 22.1. The van der Waals surface area contributed by atoms with Gasteiger partial charge in [-0.05, 0) is 242 Å². The van der Waals surface area contributed by atoms with Gasteiger partial charge in [0.1, 0.15) is 47.4 Å². The van der Waals surface area contributed by atoms with Crippen LogP contribution in [-0.4, -0.2) is 295 Å². The van der Waals surface area contributed by atoms with Crippen LogP contribution in [0, 0.1) is 47.5 Å². The quantitative estimate of drug-likeness (QED) is 0.0331. The molecule has 9 aliphatic rings. The number of piperidine rings is 4. The van der Waals surface area contributed by atoms with Crippen molar-refractivity contribution in [1.29, 1.82) is 0 Å². The van der Waals surface area contributed by atoms with Crippen LogP contribution in [0.25, 0.3) is 0 Å². The molecule has 32 nitrogen and oxygen atoms in total. The topological polar surface area (TPSA) is 349 Å². The molecule has 790 valence electrons. The van der Waals surface area contributed by atoms with Crippen molar-refractivity contribution in [3.63, 3.8) is 0 Å². The normalized spacial score (nSPS) is 19.4. The van der Waals surface area contributed by atoms with Crippen molar-refractivity contribution in [2.24, 2.45) is 5.92 Å². The number of methoxy groups -OCH3 is 1. The number of carbonyl (C=O) groups is 12. The van der Waals surface area contributed by atoms with Crippen molar-refractivity contribution in [3.05, 3.63) is 225 Å². The van der Waals surface area contributed by atoms with Gasteiger partial charge in [-0.3, -0.25) is 77.1 Å². The smallest absolute Gasteiger partial charge is 0.253 e. The molecule has 12 heterocycles. The summed E-state index contributed by atoms with van der Waals surface area (Å²) in [5.74, 6) is 0.714. The summed E-state index contributed by atoms with van der Waals surface area (Å²) in [7, 11) is 11.5. The molecule has 11 amide bonds. The third kappa shape index (κ3) is 29.1. The minimum absolute atomic E-state index is 0.00834. The van der Waals surface area contributed by atoms with Crippen LogP contribution in [0.2, 0.25) is 15.1 Å². The molecule has 1 aliphatic carbocycles. The largest absolute Gasteiger partial charge is 0.481 e. The lowest BCUT2D eigenvalue weighted by molar-refractivity contribution is -0.136. The number of halogens is 4. The van der Waals surface area contributed by atoms with Gasteiger partial charge in [-0.2, -0.15) is 4.98 Å². The number of aryl methyl sites for hydroxylation is 7. The molecule has 4 aromatic heterocycles. The van der Waals surface area contributed by atoms with E-state index in [9.17, 15) is 57.5 Å². The van der Waals surface area contributed by atoms with Gasteiger partial charge in [0.15, 0.2) is 5.78 Å². The Labute approximate surface area is 892 Å². The minimum Gasteiger partial charge on any atom is -0.481 e. The molecule has 4 aromatic carbocycles. The second-order valence-electron chi connectivity index (χ2n) is 41.4. The van der Waals surface area contributed by atoms with E-state index in [4.69, 9.17) is 39.5 Å². The molecule has 0 radical (unpaired) electrons. The van der Waals surface area contributed by atoms with E-state index in [1.54, 1.807) is 100 Å². The number of benzene rings is 4. The van der Waals surface area contributed by atoms with E-state index in [0.29, 0.717) is 121 Å². The fourth-order valence-corrected chi connectivity index (χ4v) is 22.1. The van der Waals surface area contributed by atoms with Crippen molar-refractivity contribution >= 4 is 145 Å². The first kappa shape index (κ1) is 112. The van der Waals surface area contributed by atoms with E-state index >= 15 is 0 Å². The Morgan fingerprint density at radius 1 is 0.365 bits per heavy atom. The second kappa shape index (κ2) is 51.2. The molecule has 4 N–H and O–H groups in total. The van der Waals surface area contributed by atoms with Crippen molar-refractivity contribution in [1.82, 2.24) is 73.8 Å². The number of anilines is 4. The highest BCUT2D eigenvalue weighted by molar-refractivity contribution is 9.10. The maximum absolute atomic E-state index is 13.4. The van der Waals surface area contributed by atoms with E-state index < -0.39 is 24.2 Å². The van der Waals surface area contributed by atoms with Gasteiger partial charge in [0.05, 0.1) is 7.11 Å². The average molecular weight is 2150 g/mol. The fraction of sp³-hybridized carbons (Fsp3) is 0.500. The van der Waals surface area contributed by atoms with Crippen LogP contribution in [0.4, 0.5) is 23.3 Å². The van der Waals surface area contributed by atoms with Crippen LogP contribution >= 0.6 is 50.7 Å². The zero-order valence-corrected chi connectivity index (χ0v) is 91.5. The number of pyridine rings is 4. The predicted octanol–water partition coefficient (Wildman–Crippen LogP) is 16.3. The Balaban J connectivity index is 0.000000156. The van der Waals surface area contributed by atoms with E-state index in [2.05, 4.69) is 138 Å². The first-order valence-electron chi connectivity index (χ1n) is 51.8. The number of Topliss-reactive ketones (excluding diaryl/α,β-unsaturated/α-hetero) is 1. The minimum atomic E-state index is -0.566. The number of carbonyl (C=O) groups excluding carboxylic acids is 12. The maximum atomic E-state index is 13.4. The van der Waals surface area contributed by atoms with Gasteiger partial charge < -0.3 is 60.3 Å². The molecular formula is C112H141BrCl3N19O13. The van der Waals surface area contributed by atoms with Gasteiger partial charge in [-0.1, -0.05) is 125 Å². The molecular weight excluding hydrogens is 2010 g/mol. The number of amides is 11. The number of hydrogen-bond donors (Lipinski definition) is 4. The monoisotopic (exact) mass is 2140 g/mol. The van der Waals surface area contributed by atoms with Gasteiger partial charge in [-0.15, -0.1) is 0 Å². The molecule has 0 unspecified atom stereocenters. The molecule has 9 fully saturated rings. The molecule has 0 bridgehead atoms. The Morgan fingerprint density at radius 3 is 0.953 bits per heavy atom. The van der Waals surface area contributed by atoms with Gasteiger partial charge >= 0.3 is 0 Å². The van der Waals surface area contributed by atoms with Gasteiger partial charge in [0, 0.05) is 242 Å². The van der Waals surface area contributed by atoms with E-state index in [-0.39, 0.29) is 107 Å². The highest BCUT2D eigenvalue weighted by atomic mass is 79.9. The molecule has 8 aromatic rings. The van der Waals surface area contributed by atoms with Gasteiger partial charge in [-0.25, -0.2) is 15.0 Å². The zero-order valence-electron chi connectivity index (χ0n) is 87.6. The molecule has 4 atom stereocenters. The standard InChI is InChI=1S/C30H37ClN4O3.C28H36ClN5O3.C27H34BrN5O3.C27H34ClN5O4/c1-19-14-22(6-7-25(19)31)18-34-12-10-24(11-13-34)35-26(8-9-29(35)37)30(38)33-28-17-23(15-20(2)32-28)27(36)16-21-4-3-5-21;1-5-21-15-20(28(37)32(3)4)16-25(30-21)31-27(36)24-8-9-26(35)34(24)22-10-12-33(13-11-22)17-19-6-7-23(29)18(2)14-19;1-17-13-19(5-6-22(17)28)16-32-11-9-21(10-12-32)33-23(7-8-25(33)34)26(35)30-24-15-20(14-18(2)29-24)27(36)31(3)4;1-17-13-18(5-6-21(17)28)16-32-11-9-20(10-12-32)33-22(7-8-25(33)34)26(35)30-23-14-19(27(36)31(2)3)15-24(29-23)37-4/h6-7,14-15,17,21,24,26H,3-5,8-13,16,18H2,1-2H3,(H,32,33,38);6-7,14-16,22,24H,5,8-13,17H2,1-4H3,(H,30,31,36);5-6,13-15,21,23H,7-12,16H2,1-4H3,(H,29,30,35);5-6,13-15,20,22H,7-12,16H2,1-4H3,(H,29,30,35)/t26-;24-;23-;22-/m1111/s1. The number of ether oxygens (including phenoxy) is 1. The summed E-state index contributed by atoms with van der Waals surface area (Å²) in [5.41, 5.74) is 13.4. The van der Waals surface area contributed by atoms with Crippen molar-refractivity contribution in [2.45, 2.75) is 258 Å². The van der Waals surface area contributed by atoms with E-state index in [1.807, 2.05) is 57.7 Å². The van der Waals surface area contributed by atoms with E-state index in [0.717, 1.165) is 185 Å². The highest BCUT2D eigenvalue weighted by Gasteiger charge is 2.47. The lowest BCUT2D eigenvalue weighted by Crippen LogP contribution is -2.51. The first-order chi connectivity index (χ1) is 70.7. The van der Waals surface area contributed by atoms with Crippen LogP contribution in [-0.2, 0) is 71.0 Å². The molecule has 148 heavy (non-hydrogen) atoms. The second-order valence-corrected chi connectivity index (χ2v) is 43.5. The first-order valence-corrected chi connectivity index (χ1v) is 53.7. The van der Waals surface area contributed by atoms with Crippen LogP contribution in [0.5, 0.6) is 5.88 Å². The average Bonchev–Trinajstić information content (AvgIpc) is 1.63. The summed E-state index contributed by atoms with van der Waals surface area (Å²) < 4.78 is 6.34. The molecule has 8 saturated heterocycles. The number of aromatic nitrogens is 4. The summed E-state index contributed by atoms with van der Waals surface area (Å²) in [6.07, 6.45) is 14.7. The number of rotatable bonds is 28. The summed E-state index contributed by atoms with van der Waals surface area (Å²) in [4.78, 5) is 194. The Bertz CT molecular complexity index is 6030. The number of hydrogen-bond acceptors (Lipinski definition) is 21. The fourth-order valence-electron chi connectivity index (χ4n) is 21.5. The van der Waals surface area contributed by atoms with Crippen molar-refractivity contribution in [3.8, 4) is 5.88 Å². The number of nitrogens with one attached hydrogen (secondary N) is 4. The molecule has 17 rings (SSSR count). The van der Waals surface area contributed by atoms with Gasteiger partial charge in [0.2, 0.25) is 53.1 Å². The molecule has 8 aliphatic heterocycles. The van der Waals surface area contributed by atoms with Crippen LogP contribution in [0.1, 0.15) is 238 Å². The van der Waals surface area contributed by atoms with Crippen LogP contribution in [0.3, 0.4) is 0 Å². The predicted molar refractivity (Wildman–Crippen MR) is 577 cm³/mol. The summed E-state index contributed by atoms with van der Waals surface area (Å²) in [5, 5.41) is 13.8. The van der Waals surface area contributed by atoms with E-state index in [1.165, 1.54) is 68.2 Å². The van der Waals surface area contributed by atoms with Gasteiger partial charge in [0.25, 0.3) is 17.7 Å². The third-order valence-electron chi connectivity index (χ3n) is 29.7. The molecule has 1 saturated carbocycles. The zero-order chi connectivity index (χ0) is 106. The van der Waals surface area contributed by atoms with Crippen LogP contribution < -0.4 is 26.0 Å². The summed E-state index contributed by atoms with van der Waals surface area (Å²) in [6.45, 7) is 24.0. The number of nitrogens with zero attached hydrogens (tertiary/aromatic N) is 15. The Morgan fingerprint density at radius 2 is 0.655 bits per heavy atom. The Hall–Kier alpha value is -11.7. The van der Waals surface area contributed by atoms with Crippen LogP contribution in [0.15, 0.2) is 126 Å². The maximum Gasteiger partial charge on any atom is 0.253 e. The SMILES string of the molecule is CCc1cc(C(=O)N(C)C)cc(NC(=O)[C@H]2CCC(=O)N2C2CCN(Cc3ccc(Cl)c(C)c3)CC2)n1.COc1cc(C(=O)N(C)C)cc(NC(=O)[C@H]2CCC(=O)N2C2CCN(Cc3ccc(Cl)c(C)c3)CC2)n1.Cc1cc(C(=O)CC2CCC2)cc(NC(=O)[C@H]2CCC(=O)N2C2CCN(Cc3ccc(Cl)c(C)c3)CC2)n1.Cc1cc(C(=O)N(C)C)cc(NC(=O)[C@H]2CCC(=O)N2C2CCN(Cc3ccc(Br)c(C)c3)CC2)n1. The number of ketones is 1. The lowest BCUT2D eigenvalue weighted by atomic mass is 9.81. The van der Waals surface area contributed by atoms with Crippen molar-refractivity contribution < 1.29 is 62.3 Å². The molecule has 36 heteroatoms. The van der Waals surface area contributed by atoms with Crippen molar-refractivity contribution in [2.75, 3.05) is 123 Å². The molecule has 0 spiro atoms. The Kier molecular flexibility index (Phi) is 38.7. The number of likely N-dealkylation sites (tertiary alicyclic amines) is 8. The third-order valence-corrected chi connectivity index (χ3v) is 31.9. The lowest BCUT2D eigenvalue weighted by Gasteiger charge is -2.39.